The Labute approximate surface area is 260 Å². The summed E-state index contributed by atoms with van der Waals surface area (Å²) >= 11 is 0. The fraction of sp³-hybridized carbons (Fsp3) is 0.774. The quantitative estimate of drug-likeness (QED) is 0.0580. The molecule has 13 nitrogen and oxygen atoms in total. The fourth-order valence-electron chi connectivity index (χ4n) is 5.08. The summed E-state index contributed by atoms with van der Waals surface area (Å²) in [4.78, 5) is 22.7. The van der Waals surface area contributed by atoms with Gasteiger partial charge in [0.25, 0.3) is 5.69 Å². The van der Waals surface area contributed by atoms with Gasteiger partial charge in [-0.25, -0.2) is 4.79 Å². The molecule has 3 N–H and O–H groups in total. The van der Waals surface area contributed by atoms with Crippen LogP contribution in [0.4, 0.5) is 10.5 Å². The van der Waals surface area contributed by atoms with E-state index < -0.39 is 46.9 Å². The van der Waals surface area contributed by atoms with Crippen molar-refractivity contribution in [3.05, 3.63) is 34.4 Å². The molecular weight excluding hydrogens is 578 g/mol. The molecule has 44 heavy (non-hydrogen) atoms. The van der Waals surface area contributed by atoms with Crippen LogP contribution < -0.4 is 4.74 Å². The molecule has 0 radical (unpaired) electrons. The van der Waals surface area contributed by atoms with Crippen LogP contribution in [0.1, 0.15) is 81.6 Å². The molecule has 0 aliphatic carbocycles. The molecule has 4 unspecified atom stereocenters. The van der Waals surface area contributed by atoms with Gasteiger partial charge < -0.3 is 43.7 Å². The molecule has 0 heterocycles. The molecule has 13 heteroatoms. The number of rotatable bonds is 20. The van der Waals surface area contributed by atoms with Gasteiger partial charge in [-0.2, -0.15) is 0 Å². The molecule has 1 rings (SSSR count). The van der Waals surface area contributed by atoms with Gasteiger partial charge in [0.1, 0.15) is 12.4 Å². The maximum Gasteiger partial charge on any atom is 0.514 e. The first-order valence-electron chi connectivity index (χ1n) is 14.8. The normalized spacial score (nSPS) is 15.5. The van der Waals surface area contributed by atoms with Crippen molar-refractivity contribution >= 4 is 11.8 Å². The van der Waals surface area contributed by atoms with E-state index in [0.29, 0.717) is 19.3 Å². The van der Waals surface area contributed by atoms with Crippen LogP contribution in [0.25, 0.3) is 0 Å². The molecule has 0 saturated heterocycles. The molecule has 0 aliphatic heterocycles. The SMILES string of the molecule is CC(C)OC(CO)OC(CO)CC(C)(C)CC(C)(C)OC(COC(=O)Oc1ccc([N+](=O)[O-])cc1)OC(CO)CC(C)(C)C. The Bertz CT molecular complexity index is 990. The molecular formula is C31H53NO12. The molecule has 4 atom stereocenters. The highest BCUT2D eigenvalue weighted by molar-refractivity contribution is 5.64. The zero-order chi connectivity index (χ0) is 33.7. The fourth-order valence-corrected chi connectivity index (χ4v) is 5.08. The van der Waals surface area contributed by atoms with Crippen molar-refractivity contribution in [1.82, 2.24) is 0 Å². The Morgan fingerprint density at radius 3 is 1.86 bits per heavy atom. The van der Waals surface area contributed by atoms with Gasteiger partial charge >= 0.3 is 6.16 Å². The van der Waals surface area contributed by atoms with Gasteiger partial charge in [-0.3, -0.25) is 10.1 Å². The zero-order valence-corrected chi connectivity index (χ0v) is 27.6. The molecule has 0 fully saturated rings. The van der Waals surface area contributed by atoms with Gasteiger partial charge in [-0.15, -0.1) is 0 Å². The molecule has 0 bridgehead atoms. The summed E-state index contributed by atoms with van der Waals surface area (Å²) in [7, 11) is 0. The lowest BCUT2D eigenvalue weighted by atomic mass is 9.77. The van der Waals surface area contributed by atoms with E-state index in [1.807, 2.05) is 62.3 Å². The number of carbonyl (C=O) groups excluding carboxylic acids is 1. The van der Waals surface area contributed by atoms with Crippen molar-refractivity contribution in [2.45, 2.75) is 118 Å². The van der Waals surface area contributed by atoms with Crippen molar-refractivity contribution in [2.75, 3.05) is 26.4 Å². The van der Waals surface area contributed by atoms with Gasteiger partial charge in [0, 0.05) is 12.1 Å². The van der Waals surface area contributed by atoms with Crippen molar-refractivity contribution < 1.29 is 53.5 Å². The van der Waals surface area contributed by atoms with Gasteiger partial charge in [-0.05, 0) is 69.9 Å². The summed E-state index contributed by atoms with van der Waals surface area (Å²) in [5, 5.41) is 40.5. The minimum Gasteiger partial charge on any atom is -0.429 e. The second-order valence-electron chi connectivity index (χ2n) is 13.7. The first-order chi connectivity index (χ1) is 20.3. The van der Waals surface area contributed by atoms with E-state index in [1.54, 1.807) is 0 Å². The number of aliphatic hydroxyl groups excluding tert-OH is 3. The van der Waals surface area contributed by atoms with E-state index in [2.05, 4.69) is 0 Å². The van der Waals surface area contributed by atoms with Gasteiger partial charge in [0.05, 0.1) is 48.7 Å². The number of aliphatic hydroxyl groups is 3. The van der Waals surface area contributed by atoms with Crippen LogP contribution in [0.3, 0.4) is 0 Å². The topological polar surface area (TPSA) is 176 Å². The molecule has 1 aromatic carbocycles. The van der Waals surface area contributed by atoms with Crippen LogP contribution in [0.15, 0.2) is 24.3 Å². The number of nitro groups is 1. The van der Waals surface area contributed by atoms with E-state index in [4.69, 9.17) is 28.4 Å². The summed E-state index contributed by atoms with van der Waals surface area (Å²) in [5.74, 6) is 0.0601. The third kappa shape index (κ3) is 16.6. The number of nitro benzene ring substituents is 1. The summed E-state index contributed by atoms with van der Waals surface area (Å²) in [6.45, 7) is 16.1. The predicted octanol–water partition coefficient (Wildman–Crippen LogP) is 4.97. The largest absolute Gasteiger partial charge is 0.514 e. The van der Waals surface area contributed by atoms with Gasteiger partial charge in [-0.1, -0.05) is 34.6 Å². The number of hydrogen-bond donors (Lipinski definition) is 3. The van der Waals surface area contributed by atoms with Crippen molar-refractivity contribution in [1.29, 1.82) is 0 Å². The molecule has 0 amide bonds. The van der Waals surface area contributed by atoms with E-state index >= 15 is 0 Å². The van der Waals surface area contributed by atoms with E-state index in [0.717, 1.165) is 0 Å². The lowest BCUT2D eigenvalue weighted by Crippen LogP contribution is -2.42. The average molecular weight is 632 g/mol. The second-order valence-corrected chi connectivity index (χ2v) is 13.7. The summed E-state index contributed by atoms with van der Waals surface area (Å²) in [6, 6.07) is 4.96. The highest BCUT2D eigenvalue weighted by Gasteiger charge is 2.36. The number of hydrogen-bond acceptors (Lipinski definition) is 12. The van der Waals surface area contributed by atoms with Gasteiger partial charge in [0.2, 0.25) is 0 Å². The van der Waals surface area contributed by atoms with Crippen molar-refractivity contribution in [2.24, 2.45) is 10.8 Å². The van der Waals surface area contributed by atoms with Crippen LogP contribution in [-0.2, 0) is 23.7 Å². The standard InChI is InChI=1S/C31H53NO12/c1-21(2)40-26(18-35)41-25(17-34)15-30(6,7)20-31(8,9)44-27(42-24(16-33)14-29(3,4)5)19-39-28(36)43-23-12-10-22(11-13-23)32(37)38/h10-13,21,24-27,33-35H,14-20H2,1-9H3. The summed E-state index contributed by atoms with van der Waals surface area (Å²) < 4.78 is 34.2. The smallest absolute Gasteiger partial charge is 0.429 e. The monoisotopic (exact) mass is 631 g/mol. The minimum absolute atomic E-state index is 0.0601. The summed E-state index contributed by atoms with van der Waals surface area (Å²) in [5.41, 5.74) is -1.60. The molecule has 0 saturated carbocycles. The van der Waals surface area contributed by atoms with Crippen LogP contribution >= 0.6 is 0 Å². The highest BCUT2D eigenvalue weighted by atomic mass is 16.8. The van der Waals surface area contributed by atoms with Crippen molar-refractivity contribution in [3.63, 3.8) is 0 Å². The van der Waals surface area contributed by atoms with Crippen LogP contribution in [-0.4, -0.2) is 89.3 Å². The number of carbonyl (C=O) groups is 1. The number of nitrogens with zero attached hydrogens (tertiary/aromatic N) is 1. The maximum atomic E-state index is 12.4. The van der Waals surface area contributed by atoms with Crippen LogP contribution in [0.2, 0.25) is 0 Å². The predicted molar refractivity (Wildman–Crippen MR) is 162 cm³/mol. The highest BCUT2D eigenvalue weighted by Crippen LogP contribution is 2.36. The second kappa shape index (κ2) is 17.9. The molecule has 254 valence electrons. The van der Waals surface area contributed by atoms with Crippen LogP contribution in [0.5, 0.6) is 5.75 Å². The molecule has 1 aromatic rings. The van der Waals surface area contributed by atoms with Crippen LogP contribution in [0, 0.1) is 20.9 Å². The summed E-state index contributed by atoms with van der Waals surface area (Å²) in [6.07, 6.45) is -3.00. The molecule has 0 spiro atoms. The first-order valence-corrected chi connectivity index (χ1v) is 14.8. The third-order valence-electron chi connectivity index (χ3n) is 6.23. The molecule has 0 aliphatic rings. The van der Waals surface area contributed by atoms with E-state index in [9.17, 15) is 30.2 Å². The third-order valence-corrected chi connectivity index (χ3v) is 6.23. The average Bonchev–Trinajstić information content (AvgIpc) is 2.88. The Kier molecular flexibility index (Phi) is 16.2. The number of benzene rings is 1. The first kappa shape index (κ1) is 39.6. The Hall–Kier alpha value is -2.39. The number of non-ortho nitro benzene ring substituents is 1. The van der Waals surface area contributed by atoms with Gasteiger partial charge in [0.15, 0.2) is 12.6 Å². The lowest BCUT2D eigenvalue weighted by molar-refractivity contribution is -0.384. The molecule has 0 aromatic heterocycles. The van der Waals surface area contributed by atoms with E-state index in [1.165, 1.54) is 24.3 Å². The zero-order valence-electron chi connectivity index (χ0n) is 27.6. The number of ether oxygens (including phenoxy) is 6. The van der Waals surface area contributed by atoms with Crippen molar-refractivity contribution in [3.8, 4) is 5.75 Å². The Morgan fingerprint density at radius 2 is 1.39 bits per heavy atom. The lowest BCUT2D eigenvalue weighted by Gasteiger charge is -2.39. The maximum absolute atomic E-state index is 12.4. The van der Waals surface area contributed by atoms with E-state index in [-0.39, 0.29) is 49.4 Å². The Balaban J connectivity index is 2.98. The Morgan fingerprint density at radius 1 is 0.841 bits per heavy atom. The minimum atomic E-state index is -1.08.